The molecule has 0 saturated heterocycles. The summed E-state index contributed by atoms with van der Waals surface area (Å²) in [7, 11) is 0. The summed E-state index contributed by atoms with van der Waals surface area (Å²) >= 11 is 5.76. The number of nitrogens with zero attached hydrogens (tertiary/aromatic N) is 1. The Balaban J connectivity index is 2.22. The largest absolute Gasteiger partial charge is 0.507 e. The zero-order valence-corrected chi connectivity index (χ0v) is 12.2. The molecule has 0 atom stereocenters. The lowest BCUT2D eigenvalue weighted by Gasteiger charge is -2.06. The summed E-state index contributed by atoms with van der Waals surface area (Å²) < 4.78 is 13.2. The van der Waals surface area contributed by atoms with Gasteiger partial charge >= 0.3 is 0 Å². The molecule has 0 aliphatic heterocycles. The Morgan fingerprint density at radius 1 is 1.14 bits per heavy atom. The summed E-state index contributed by atoms with van der Waals surface area (Å²) in [6.07, 6.45) is 0. The predicted octanol–water partition coefficient (Wildman–Crippen LogP) is 3.04. The molecule has 114 valence electrons. The number of amides is 1. The van der Waals surface area contributed by atoms with Gasteiger partial charge in [0, 0.05) is 10.6 Å². The van der Waals surface area contributed by atoms with E-state index in [0.29, 0.717) is 0 Å². The van der Waals surface area contributed by atoms with E-state index in [4.69, 9.17) is 11.6 Å². The van der Waals surface area contributed by atoms with E-state index in [2.05, 4.69) is 10.5 Å². The van der Waals surface area contributed by atoms with E-state index in [-0.39, 0.29) is 33.4 Å². The first-order chi connectivity index (χ1) is 10.4. The number of carbonyl (C=O) groups excluding carboxylic acids is 1. The highest BCUT2D eigenvalue weighted by Crippen LogP contribution is 2.21. The number of carbonyl (C=O) groups is 1. The van der Waals surface area contributed by atoms with Crippen molar-refractivity contribution in [2.45, 2.75) is 6.92 Å². The second-order valence-electron chi connectivity index (χ2n) is 4.46. The molecule has 0 saturated carbocycles. The second kappa shape index (κ2) is 6.44. The van der Waals surface area contributed by atoms with Crippen LogP contribution >= 0.6 is 11.6 Å². The molecule has 0 aliphatic carbocycles. The normalized spacial score (nSPS) is 11.3. The molecule has 0 unspecified atom stereocenters. The second-order valence-corrected chi connectivity index (χ2v) is 4.90. The number of phenolic OH excluding ortho intramolecular Hbond substituents is 2. The number of hydrogen-bond acceptors (Lipinski definition) is 4. The molecule has 2 rings (SSSR count). The van der Waals surface area contributed by atoms with Gasteiger partial charge in [0.15, 0.2) is 0 Å². The van der Waals surface area contributed by atoms with Gasteiger partial charge in [0.25, 0.3) is 5.91 Å². The lowest BCUT2D eigenvalue weighted by molar-refractivity contribution is 0.0952. The summed E-state index contributed by atoms with van der Waals surface area (Å²) in [5.74, 6) is -1.64. The first-order valence-corrected chi connectivity index (χ1v) is 6.58. The number of nitrogens with one attached hydrogen (secondary N) is 1. The minimum absolute atomic E-state index is 0.0486. The first kappa shape index (κ1) is 15.8. The Hall–Kier alpha value is -2.60. The van der Waals surface area contributed by atoms with Crippen LogP contribution < -0.4 is 5.43 Å². The van der Waals surface area contributed by atoms with Crippen LogP contribution in [0.3, 0.4) is 0 Å². The molecule has 0 aromatic heterocycles. The van der Waals surface area contributed by atoms with Gasteiger partial charge in [0.2, 0.25) is 0 Å². The third-order valence-corrected chi connectivity index (χ3v) is 3.11. The molecule has 3 N–H and O–H groups in total. The summed E-state index contributed by atoms with van der Waals surface area (Å²) in [4.78, 5) is 11.9. The van der Waals surface area contributed by atoms with Gasteiger partial charge in [-0.05, 0) is 43.3 Å². The predicted molar refractivity (Wildman–Crippen MR) is 80.9 cm³/mol. The monoisotopic (exact) mass is 322 g/mol. The minimum atomic E-state index is -0.685. The number of rotatable bonds is 3. The fraction of sp³-hybridized carbons (Fsp3) is 0.0667. The van der Waals surface area contributed by atoms with Crippen molar-refractivity contribution in [3.8, 4) is 11.5 Å². The van der Waals surface area contributed by atoms with Gasteiger partial charge in [-0.15, -0.1) is 0 Å². The summed E-state index contributed by atoms with van der Waals surface area (Å²) in [5, 5.41) is 23.3. The molecular weight excluding hydrogens is 311 g/mol. The maximum Gasteiger partial charge on any atom is 0.275 e. The summed E-state index contributed by atoms with van der Waals surface area (Å²) in [6, 6.07) is 7.40. The number of phenols is 2. The average Bonchev–Trinajstić information content (AvgIpc) is 2.49. The van der Waals surface area contributed by atoms with Gasteiger partial charge in [0.1, 0.15) is 17.3 Å². The molecule has 0 fully saturated rings. The van der Waals surface area contributed by atoms with Crippen molar-refractivity contribution >= 4 is 23.2 Å². The number of hydrogen-bond donors (Lipinski definition) is 3. The van der Waals surface area contributed by atoms with Crippen molar-refractivity contribution in [2.75, 3.05) is 0 Å². The topological polar surface area (TPSA) is 81.9 Å². The Bertz CT molecular complexity index is 762. The highest BCUT2D eigenvalue weighted by molar-refractivity contribution is 6.31. The molecule has 2 aromatic carbocycles. The Labute approximate surface area is 130 Å². The third-order valence-electron chi connectivity index (χ3n) is 2.88. The molecule has 0 aliphatic rings. The van der Waals surface area contributed by atoms with Gasteiger partial charge in [-0.3, -0.25) is 4.79 Å². The van der Waals surface area contributed by atoms with E-state index < -0.39 is 11.7 Å². The quantitative estimate of drug-likeness (QED) is 0.600. The van der Waals surface area contributed by atoms with Crippen LogP contribution in [0.1, 0.15) is 22.8 Å². The highest BCUT2D eigenvalue weighted by atomic mass is 35.5. The van der Waals surface area contributed by atoms with Crippen molar-refractivity contribution in [2.24, 2.45) is 5.10 Å². The van der Waals surface area contributed by atoms with Crippen LogP contribution in [0.4, 0.5) is 4.39 Å². The van der Waals surface area contributed by atoms with Crippen LogP contribution in [0.25, 0.3) is 0 Å². The van der Waals surface area contributed by atoms with Gasteiger partial charge < -0.3 is 10.2 Å². The smallest absolute Gasteiger partial charge is 0.275 e. The number of benzene rings is 2. The van der Waals surface area contributed by atoms with Gasteiger partial charge in [-0.2, -0.15) is 5.10 Å². The van der Waals surface area contributed by atoms with E-state index in [1.165, 1.54) is 31.2 Å². The van der Waals surface area contributed by atoms with Crippen molar-refractivity contribution in [3.63, 3.8) is 0 Å². The molecule has 7 heteroatoms. The van der Waals surface area contributed by atoms with E-state index in [1.54, 1.807) is 0 Å². The number of halogens is 2. The van der Waals surface area contributed by atoms with Crippen molar-refractivity contribution in [1.82, 2.24) is 5.43 Å². The maximum atomic E-state index is 13.2. The summed E-state index contributed by atoms with van der Waals surface area (Å²) in [6.45, 7) is 1.49. The van der Waals surface area contributed by atoms with Crippen LogP contribution in [-0.4, -0.2) is 21.8 Å². The first-order valence-electron chi connectivity index (χ1n) is 6.20. The maximum absolute atomic E-state index is 13.2. The van der Waals surface area contributed by atoms with Crippen LogP contribution in [0, 0.1) is 5.82 Å². The Morgan fingerprint density at radius 3 is 2.50 bits per heavy atom. The third kappa shape index (κ3) is 3.53. The van der Waals surface area contributed by atoms with E-state index in [0.717, 1.165) is 12.1 Å². The molecule has 0 heterocycles. The van der Waals surface area contributed by atoms with Gasteiger partial charge in [-0.1, -0.05) is 11.6 Å². The molecule has 0 spiro atoms. The minimum Gasteiger partial charge on any atom is -0.507 e. The average molecular weight is 323 g/mol. The standard InChI is InChI=1S/C15H12ClFN2O3/c1-8(11-7-10(17)3-5-13(11)20)18-19-15(22)12-6-9(16)2-4-14(12)21/h2-7,20-21H,1H3,(H,19,22)/b18-8+. The molecule has 5 nitrogen and oxygen atoms in total. The highest BCUT2D eigenvalue weighted by Gasteiger charge is 2.12. The molecule has 22 heavy (non-hydrogen) atoms. The molecule has 2 aromatic rings. The number of hydrazone groups is 1. The Kier molecular flexibility index (Phi) is 4.62. The van der Waals surface area contributed by atoms with E-state index >= 15 is 0 Å². The number of aromatic hydroxyl groups is 2. The molecular formula is C15H12ClFN2O3. The van der Waals surface area contributed by atoms with Crippen molar-refractivity contribution in [1.29, 1.82) is 0 Å². The molecule has 0 bridgehead atoms. The Morgan fingerprint density at radius 2 is 1.77 bits per heavy atom. The van der Waals surface area contributed by atoms with Gasteiger partial charge in [0.05, 0.1) is 11.3 Å². The van der Waals surface area contributed by atoms with Crippen molar-refractivity contribution in [3.05, 3.63) is 58.4 Å². The van der Waals surface area contributed by atoms with E-state index in [9.17, 15) is 19.4 Å². The summed E-state index contributed by atoms with van der Waals surface area (Å²) in [5.41, 5.74) is 2.51. The fourth-order valence-electron chi connectivity index (χ4n) is 1.74. The van der Waals surface area contributed by atoms with E-state index in [1.807, 2.05) is 0 Å². The lowest BCUT2D eigenvalue weighted by atomic mass is 10.1. The van der Waals surface area contributed by atoms with Crippen LogP contribution in [0.2, 0.25) is 5.02 Å². The van der Waals surface area contributed by atoms with Gasteiger partial charge in [-0.25, -0.2) is 9.82 Å². The molecule has 0 radical (unpaired) electrons. The SMILES string of the molecule is C/C(=N\NC(=O)c1cc(Cl)ccc1O)c1cc(F)ccc1O. The zero-order valence-electron chi connectivity index (χ0n) is 11.5. The fourth-order valence-corrected chi connectivity index (χ4v) is 1.92. The zero-order chi connectivity index (χ0) is 16.3. The van der Waals surface area contributed by atoms with Crippen molar-refractivity contribution < 1.29 is 19.4 Å². The van der Waals surface area contributed by atoms with Crippen LogP contribution in [0.15, 0.2) is 41.5 Å². The molecule has 1 amide bonds. The lowest BCUT2D eigenvalue weighted by Crippen LogP contribution is -2.19. The van der Waals surface area contributed by atoms with Crippen LogP contribution in [0.5, 0.6) is 11.5 Å². The van der Waals surface area contributed by atoms with Crippen LogP contribution in [-0.2, 0) is 0 Å².